The summed E-state index contributed by atoms with van der Waals surface area (Å²) in [7, 11) is 1.55. The van der Waals surface area contributed by atoms with E-state index in [4.69, 9.17) is 4.74 Å². The molecule has 2 N–H and O–H groups in total. The van der Waals surface area contributed by atoms with Crippen LogP contribution >= 0.6 is 0 Å². The average molecular weight is 306 g/mol. The third-order valence-electron chi connectivity index (χ3n) is 3.76. The number of nitrogens with zero attached hydrogens (tertiary/aromatic N) is 2. The maximum absolute atomic E-state index is 11.9. The molecule has 2 rings (SSSR count). The van der Waals surface area contributed by atoms with Crippen molar-refractivity contribution in [1.29, 1.82) is 0 Å². The Morgan fingerprint density at radius 2 is 2.14 bits per heavy atom. The Morgan fingerprint density at radius 1 is 1.41 bits per heavy atom. The van der Waals surface area contributed by atoms with Crippen LogP contribution < -0.4 is 15.4 Å². The number of hydrogen-bond acceptors (Lipinski definition) is 4. The first-order chi connectivity index (χ1) is 10.6. The van der Waals surface area contributed by atoms with E-state index in [9.17, 15) is 9.59 Å². The Morgan fingerprint density at radius 3 is 2.77 bits per heavy atom. The van der Waals surface area contributed by atoms with E-state index >= 15 is 0 Å². The lowest BCUT2D eigenvalue weighted by atomic mass is 10.1. The molecule has 3 amide bonds. The van der Waals surface area contributed by atoms with Gasteiger partial charge in [-0.05, 0) is 18.9 Å². The second-order valence-electron chi connectivity index (χ2n) is 5.28. The molecule has 1 aromatic rings. The van der Waals surface area contributed by atoms with Crippen LogP contribution in [-0.2, 0) is 11.3 Å². The average Bonchev–Trinajstić information content (AvgIpc) is 2.53. The number of aromatic nitrogens is 1. The highest BCUT2D eigenvalue weighted by molar-refractivity contribution is 5.75. The number of nitrogens with one attached hydrogen (secondary N) is 2. The normalized spacial score (nSPS) is 15.3. The van der Waals surface area contributed by atoms with Crippen molar-refractivity contribution in [2.45, 2.75) is 32.4 Å². The molecule has 1 saturated heterocycles. The number of methoxy groups -OCH3 is 1. The Hall–Kier alpha value is -2.31. The van der Waals surface area contributed by atoms with E-state index < -0.39 is 0 Å². The number of likely N-dealkylation sites (tertiary alicyclic amines) is 1. The Bertz CT molecular complexity index is 527. The summed E-state index contributed by atoms with van der Waals surface area (Å²) in [5, 5.41) is 5.74. The zero-order chi connectivity index (χ0) is 15.9. The molecule has 1 fully saturated rings. The number of urea groups is 1. The minimum Gasteiger partial charge on any atom is -0.481 e. The van der Waals surface area contributed by atoms with Crippen LogP contribution in [0.15, 0.2) is 18.3 Å². The molecule has 0 aliphatic carbocycles. The first-order valence-corrected chi connectivity index (χ1v) is 7.38. The van der Waals surface area contributed by atoms with Crippen molar-refractivity contribution in [3.63, 3.8) is 0 Å². The third-order valence-corrected chi connectivity index (χ3v) is 3.76. The van der Waals surface area contributed by atoms with Gasteiger partial charge in [-0.25, -0.2) is 9.78 Å². The fourth-order valence-electron chi connectivity index (χ4n) is 2.49. The molecule has 120 valence electrons. The van der Waals surface area contributed by atoms with Crippen molar-refractivity contribution in [2.75, 3.05) is 20.2 Å². The molecule has 0 radical (unpaired) electrons. The summed E-state index contributed by atoms with van der Waals surface area (Å²) in [4.78, 5) is 29.1. The molecule has 2 heterocycles. The largest absolute Gasteiger partial charge is 0.481 e. The van der Waals surface area contributed by atoms with Crippen molar-refractivity contribution in [3.8, 4) is 5.88 Å². The fraction of sp³-hybridized carbons (Fsp3) is 0.533. The number of hydrogen-bond donors (Lipinski definition) is 2. The van der Waals surface area contributed by atoms with Crippen molar-refractivity contribution >= 4 is 11.9 Å². The predicted molar refractivity (Wildman–Crippen MR) is 81.4 cm³/mol. The number of ether oxygens (including phenoxy) is 1. The zero-order valence-electron chi connectivity index (χ0n) is 13.0. The van der Waals surface area contributed by atoms with Gasteiger partial charge in [0.1, 0.15) is 0 Å². The van der Waals surface area contributed by atoms with E-state index in [1.54, 1.807) is 31.2 Å². The topological polar surface area (TPSA) is 83.6 Å². The number of carbonyl (C=O) groups is 2. The van der Waals surface area contributed by atoms with Gasteiger partial charge in [0, 0.05) is 44.4 Å². The highest BCUT2D eigenvalue weighted by atomic mass is 16.5. The number of carbonyl (C=O) groups excluding carboxylic acids is 2. The highest BCUT2D eigenvalue weighted by Crippen LogP contribution is 2.13. The molecule has 0 aromatic carbocycles. The Kier molecular flexibility index (Phi) is 5.57. The third kappa shape index (κ3) is 4.34. The Labute approximate surface area is 130 Å². The van der Waals surface area contributed by atoms with E-state index in [0.717, 1.165) is 18.4 Å². The van der Waals surface area contributed by atoms with Crippen molar-refractivity contribution in [3.05, 3.63) is 23.9 Å². The van der Waals surface area contributed by atoms with Gasteiger partial charge in [0.2, 0.25) is 11.8 Å². The minimum atomic E-state index is -0.216. The lowest BCUT2D eigenvalue weighted by Gasteiger charge is -2.31. The van der Waals surface area contributed by atoms with E-state index in [1.165, 1.54) is 0 Å². The van der Waals surface area contributed by atoms with Crippen LogP contribution in [0.1, 0.15) is 25.3 Å². The summed E-state index contributed by atoms with van der Waals surface area (Å²) < 4.78 is 5.14. The maximum Gasteiger partial charge on any atom is 0.315 e. The van der Waals surface area contributed by atoms with Gasteiger partial charge in [-0.15, -0.1) is 0 Å². The van der Waals surface area contributed by atoms with Crippen molar-refractivity contribution < 1.29 is 14.3 Å². The quantitative estimate of drug-likeness (QED) is 0.866. The molecule has 0 bridgehead atoms. The van der Waals surface area contributed by atoms with Gasteiger partial charge >= 0.3 is 6.03 Å². The Balaban J connectivity index is 1.76. The molecule has 0 unspecified atom stereocenters. The van der Waals surface area contributed by atoms with Crippen LogP contribution in [0.2, 0.25) is 0 Å². The van der Waals surface area contributed by atoms with Gasteiger partial charge in [-0.2, -0.15) is 0 Å². The first-order valence-electron chi connectivity index (χ1n) is 7.38. The molecule has 0 atom stereocenters. The summed E-state index contributed by atoms with van der Waals surface area (Å²) in [5.74, 6) is 0.601. The molecule has 0 saturated carbocycles. The van der Waals surface area contributed by atoms with E-state index in [1.807, 2.05) is 6.07 Å². The van der Waals surface area contributed by atoms with E-state index in [-0.39, 0.29) is 18.0 Å². The minimum absolute atomic E-state index is 0.0894. The molecular formula is C15H22N4O3. The number of piperidine rings is 1. The number of rotatable bonds is 4. The molecule has 7 nitrogen and oxygen atoms in total. The van der Waals surface area contributed by atoms with Gasteiger partial charge in [-0.3, -0.25) is 4.79 Å². The summed E-state index contributed by atoms with van der Waals surface area (Å²) in [6, 6.07) is 3.55. The first kappa shape index (κ1) is 16.1. The van der Waals surface area contributed by atoms with Crippen LogP contribution in [0.4, 0.5) is 4.79 Å². The smallest absolute Gasteiger partial charge is 0.315 e. The second-order valence-corrected chi connectivity index (χ2v) is 5.28. The summed E-state index contributed by atoms with van der Waals surface area (Å²) >= 11 is 0. The molecular weight excluding hydrogens is 284 g/mol. The van der Waals surface area contributed by atoms with Gasteiger partial charge in [0.15, 0.2) is 0 Å². The van der Waals surface area contributed by atoms with Crippen LogP contribution in [0.3, 0.4) is 0 Å². The van der Waals surface area contributed by atoms with Crippen LogP contribution in [0, 0.1) is 0 Å². The van der Waals surface area contributed by atoms with Crippen LogP contribution in [0.25, 0.3) is 0 Å². The predicted octanol–water partition coefficient (Wildman–Crippen LogP) is 0.900. The van der Waals surface area contributed by atoms with E-state index in [0.29, 0.717) is 25.5 Å². The highest BCUT2D eigenvalue weighted by Gasteiger charge is 2.21. The fourth-order valence-corrected chi connectivity index (χ4v) is 2.49. The number of pyridine rings is 1. The van der Waals surface area contributed by atoms with Crippen molar-refractivity contribution in [1.82, 2.24) is 20.5 Å². The summed E-state index contributed by atoms with van der Waals surface area (Å²) in [6.07, 6.45) is 3.21. The second kappa shape index (κ2) is 7.63. The van der Waals surface area contributed by atoms with Crippen molar-refractivity contribution in [2.24, 2.45) is 0 Å². The molecule has 1 aliphatic heterocycles. The van der Waals surface area contributed by atoms with Gasteiger partial charge in [-0.1, -0.05) is 6.07 Å². The zero-order valence-corrected chi connectivity index (χ0v) is 13.0. The number of amides is 3. The molecule has 7 heteroatoms. The van der Waals surface area contributed by atoms with Crippen LogP contribution in [-0.4, -0.2) is 48.1 Å². The maximum atomic E-state index is 11.9. The lowest BCUT2D eigenvalue weighted by molar-refractivity contribution is -0.129. The van der Waals surface area contributed by atoms with Crippen LogP contribution in [0.5, 0.6) is 5.88 Å². The molecule has 22 heavy (non-hydrogen) atoms. The summed E-state index contributed by atoms with van der Waals surface area (Å²) in [6.45, 7) is 3.31. The van der Waals surface area contributed by atoms with Gasteiger partial charge in [0.25, 0.3) is 0 Å². The lowest BCUT2D eigenvalue weighted by Crippen LogP contribution is -2.48. The monoisotopic (exact) mass is 306 g/mol. The summed E-state index contributed by atoms with van der Waals surface area (Å²) in [5.41, 5.74) is 0.826. The molecule has 0 spiro atoms. The standard InChI is InChI=1S/C15H22N4O3/c1-11(20)19-8-5-13(6-9-19)18-15(21)17-10-12-4-3-7-16-14(12)22-2/h3-4,7,13H,5-6,8-10H2,1-2H3,(H2,17,18,21). The SMILES string of the molecule is COc1ncccc1CNC(=O)NC1CCN(C(C)=O)CC1. The van der Waals surface area contributed by atoms with E-state index in [2.05, 4.69) is 15.6 Å². The molecule has 1 aliphatic rings. The van der Waals surface area contributed by atoms with Gasteiger partial charge in [0.05, 0.1) is 7.11 Å². The van der Waals surface area contributed by atoms with Gasteiger partial charge < -0.3 is 20.3 Å². The molecule has 1 aromatic heterocycles.